The van der Waals surface area contributed by atoms with Gasteiger partial charge in [-0.25, -0.2) is 4.39 Å². The molecule has 24 heavy (non-hydrogen) atoms. The van der Waals surface area contributed by atoms with Crippen molar-refractivity contribution in [1.29, 1.82) is 0 Å². The number of halogens is 2. The minimum atomic E-state index is -0.672. The molecule has 4 rings (SSSR count). The highest BCUT2D eigenvalue weighted by Crippen LogP contribution is 2.52. The van der Waals surface area contributed by atoms with Crippen molar-refractivity contribution in [1.82, 2.24) is 4.90 Å². The molecule has 1 aromatic carbocycles. The molecule has 5 nitrogen and oxygen atoms in total. The van der Waals surface area contributed by atoms with Gasteiger partial charge in [-0.15, -0.1) is 0 Å². The van der Waals surface area contributed by atoms with Gasteiger partial charge < -0.3 is 5.32 Å². The molecule has 1 saturated heterocycles. The number of hydrogen-bond acceptors (Lipinski definition) is 3. The normalized spacial score (nSPS) is 30.2. The van der Waals surface area contributed by atoms with E-state index in [4.69, 9.17) is 11.6 Å². The number of nitrogens with zero attached hydrogens (tertiary/aromatic N) is 1. The van der Waals surface area contributed by atoms with E-state index in [0.29, 0.717) is 0 Å². The van der Waals surface area contributed by atoms with E-state index < -0.39 is 18.3 Å². The molecule has 7 heteroatoms. The lowest BCUT2D eigenvalue weighted by Crippen LogP contribution is -2.39. The summed E-state index contributed by atoms with van der Waals surface area (Å²) in [4.78, 5) is 38.1. The van der Waals surface area contributed by atoms with E-state index in [1.165, 1.54) is 12.1 Å². The van der Waals surface area contributed by atoms with Crippen LogP contribution >= 0.6 is 11.6 Å². The lowest BCUT2D eigenvalue weighted by Gasteiger charge is -2.17. The van der Waals surface area contributed by atoms with E-state index in [1.54, 1.807) is 0 Å². The van der Waals surface area contributed by atoms with E-state index in [9.17, 15) is 18.8 Å². The van der Waals surface area contributed by atoms with Gasteiger partial charge in [0.05, 0.1) is 17.5 Å². The average molecular weight is 349 g/mol. The first-order valence-electron chi connectivity index (χ1n) is 7.74. The molecule has 0 radical (unpaired) electrons. The Kier molecular flexibility index (Phi) is 3.46. The number of carbonyl (C=O) groups excluding carboxylic acids is 3. The van der Waals surface area contributed by atoms with E-state index in [0.717, 1.165) is 17.4 Å². The number of carbonyl (C=O) groups is 3. The zero-order chi connectivity index (χ0) is 17.0. The Labute approximate surface area is 142 Å². The molecule has 4 atom stereocenters. The molecule has 2 fully saturated rings. The zero-order valence-electron chi connectivity index (χ0n) is 12.5. The molecule has 1 aliphatic heterocycles. The molecule has 3 amide bonds. The van der Waals surface area contributed by atoms with Gasteiger partial charge in [0.15, 0.2) is 0 Å². The highest BCUT2D eigenvalue weighted by atomic mass is 35.5. The van der Waals surface area contributed by atoms with E-state index in [1.807, 2.05) is 12.2 Å². The van der Waals surface area contributed by atoms with E-state index in [-0.39, 0.29) is 46.2 Å². The lowest BCUT2D eigenvalue weighted by molar-refractivity contribution is -0.143. The quantitative estimate of drug-likeness (QED) is 0.673. The third-order valence-corrected chi connectivity index (χ3v) is 5.30. The number of hydrogen-bond donors (Lipinski definition) is 1. The summed E-state index contributed by atoms with van der Waals surface area (Å²) in [5.74, 6) is -2.37. The number of rotatable bonds is 3. The van der Waals surface area contributed by atoms with Crippen LogP contribution in [0.25, 0.3) is 0 Å². The molecular formula is C17H14ClFN2O3. The van der Waals surface area contributed by atoms with E-state index in [2.05, 4.69) is 5.32 Å². The van der Waals surface area contributed by atoms with Gasteiger partial charge in [0, 0.05) is 5.02 Å². The highest BCUT2D eigenvalue weighted by Gasteiger charge is 2.59. The summed E-state index contributed by atoms with van der Waals surface area (Å²) in [6.07, 6.45) is 4.82. The van der Waals surface area contributed by atoms with E-state index >= 15 is 0 Å². The molecular weight excluding hydrogens is 335 g/mol. The van der Waals surface area contributed by atoms with Crippen LogP contribution in [0.15, 0.2) is 30.4 Å². The maximum atomic E-state index is 13.7. The molecule has 1 heterocycles. The number of imide groups is 1. The number of nitrogens with one attached hydrogen (secondary N) is 1. The van der Waals surface area contributed by atoms with Gasteiger partial charge in [-0.1, -0.05) is 23.8 Å². The molecule has 1 saturated carbocycles. The van der Waals surface area contributed by atoms with Crippen LogP contribution in [0, 0.1) is 29.5 Å². The highest BCUT2D eigenvalue weighted by molar-refractivity contribution is 6.30. The number of benzene rings is 1. The molecule has 2 bridgehead atoms. The number of anilines is 1. The summed E-state index contributed by atoms with van der Waals surface area (Å²) in [7, 11) is 0. The predicted octanol–water partition coefficient (Wildman–Crippen LogP) is 2.22. The zero-order valence-corrected chi connectivity index (χ0v) is 13.3. The summed E-state index contributed by atoms with van der Waals surface area (Å²) < 4.78 is 13.7. The Morgan fingerprint density at radius 2 is 1.83 bits per heavy atom. The summed E-state index contributed by atoms with van der Waals surface area (Å²) in [5, 5.41) is 2.59. The molecule has 2 aliphatic carbocycles. The third kappa shape index (κ3) is 2.24. The topological polar surface area (TPSA) is 66.5 Å². The van der Waals surface area contributed by atoms with Crippen molar-refractivity contribution in [2.24, 2.45) is 23.7 Å². The molecule has 1 aromatic rings. The maximum Gasteiger partial charge on any atom is 0.244 e. The van der Waals surface area contributed by atoms with Crippen LogP contribution in [-0.2, 0) is 14.4 Å². The van der Waals surface area contributed by atoms with Gasteiger partial charge in [-0.05, 0) is 36.5 Å². The van der Waals surface area contributed by atoms with Crippen molar-refractivity contribution in [2.75, 3.05) is 11.9 Å². The summed E-state index contributed by atoms with van der Waals surface area (Å²) >= 11 is 5.66. The first kappa shape index (κ1) is 15.3. The fourth-order valence-electron chi connectivity index (χ4n) is 4.04. The van der Waals surface area contributed by atoms with Crippen molar-refractivity contribution >= 4 is 35.0 Å². The fourth-order valence-corrected chi connectivity index (χ4v) is 4.20. The smallest absolute Gasteiger partial charge is 0.244 e. The number of amides is 3. The van der Waals surface area contributed by atoms with Crippen molar-refractivity contribution in [3.63, 3.8) is 0 Å². The Morgan fingerprint density at radius 1 is 1.21 bits per heavy atom. The summed E-state index contributed by atoms with van der Waals surface area (Å²) in [6.45, 7) is -0.397. The average Bonchev–Trinajstić information content (AvgIpc) is 3.20. The molecule has 4 unspecified atom stereocenters. The van der Waals surface area contributed by atoms with Gasteiger partial charge in [-0.2, -0.15) is 0 Å². The van der Waals surface area contributed by atoms with Crippen LogP contribution in [0.3, 0.4) is 0 Å². The van der Waals surface area contributed by atoms with Crippen LogP contribution < -0.4 is 5.32 Å². The van der Waals surface area contributed by atoms with Gasteiger partial charge >= 0.3 is 0 Å². The van der Waals surface area contributed by atoms with Gasteiger partial charge in [0.25, 0.3) is 0 Å². The Hall–Kier alpha value is -2.21. The molecule has 3 aliphatic rings. The van der Waals surface area contributed by atoms with Crippen LogP contribution in [0.1, 0.15) is 6.42 Å². The van der Waals surface area contributed by atoms with Crippen molar-refractivity contribution in [3.05, 3.63) is 41.2 Å². The summed E-state index contributed by atoms with van der Waals surface area (Å²) in [5.41, 5.74) is -0.0366. The second-order valence-electron chi connectivity index (χ2n) is 6.43. The van der Waals surface area contributed by atoms with Crippen molar-refractivity contribution in [3.8, 4) is 0 Å². The molecule has 0 spiro atoms. The summed E-state index contributed by atoms with van der Waals surface area (Å²) in [6, 6.07) is 3.86. The van der Waals surface area contributed by atoms with Gasteiger partial charge in [0.2, 0.25) is 17.7 Å². The molecule has 124 valence electrons. The maximum absolute atomic E-state index is 13.7. The molecule has 1 N–H and O–H groups in total. The first-order chi connectivity index (χ1) is 11.5. The minimum Gasteiger partial charge on any atom is -0.322 e. The van der Waals surface area contributed by atoms with Gasteiger partial charge in [-0.3, -0.25) is 19.3 Å². The van der Waals surface area contributed by atoms with Crippen molar-refractivity contribution in [2.45, 2.75) is 6.42 Å². The second-order valence-corrected chi connectivity index (χ2v) is 6.87. The van der Waals surface area contributed by atoms with Crippen molar-refractivity contribution < 1.29 is 18.8 Å². The van der Waals surface area contributed by atoms with Crippen LogP contribution in [0.4, 0.5) is 10.1 Å². The monoisotopic (exact) mass is 348 g/mol. The fraction of sp³-hybridized carbons (Fsp3) is 0.353. The van der Waals surface area contributed by atoms with Crippen LogP contribution in [0.5, 0.6) is 0 Å². The Morgan fingerprint density at radius 3 is 2.42 bits per heavy atom. The first-order valence-corrected chi connectivity index (χ1v) is 8.12. The predicted molar refractivity (Wildman–Crippen MR) is 84.5 cm³/mol. The number of fused-ring (bicyclic) bond motifs is 5. The van der Waals surface area contributed by atoms with Gasteiger partial charge in [0.1, 0.15) is 12.4 Å². The third-order valence-electron chi connectivity index (χ3n) is 5.07. The largest absolute Gasteiger partial charge is 0.322 e. The van der Waals surface area contributed by atoms with Crippen LogP contribution in [0.2, 0.25) is 5.02 Å². The molecule has 0 aromatic heterocycles. The Balaban J connectivity index is 1.47. The second kappa shape index (κ2) is 5.41. The Bertz CT molecular complexity index is 764. The van der Waals surface area contributed by atoms with Crippen LogP contribution in [-0.4, -0.2) is 29.2 Å². The minimum absolute atomic E-state index is 0.0366. The number of likely N-dealkylation sites (tertiary alicyclic amines) is 1. The standard InChI is InChI=1S/C17H14ClFN2O3/c18-10-3-4-12(11(19)6-10)20-13(22)7-21-16(23)14-8-1-2-9(5-8)15(14)17(21)24/h1-4,6,8-9,14-15H,5,7H2,(H,20,22). The number of allylic oxidation sites excluding steroid dienone is 2. The SMILES string of the molecule is O=C(CN1C(=O)C2C3C=CC(C3)C2C1=O)Nc1ccc(Cl)cc1F. The lowest BCUT2D eigenvalue weighted by atomic mass is 9.85.